The Kier molecular flexibility index (Phi) is 6.84. The number of benzene rings is 1. The van der Waals surface area contributed by atoms with Crippen LogP contribution in [-0.4, -0.2) is 41.9 Å². The molecule has 0 atom stereocenters. The number of carbonyl (C=O) groups is 1. The third kappa shape index (κ3) is 5.09. The first-order chi connectivity index (χ1) is 14.5. The second-order valence-electron chi connectivity index (χ2n) is 6.69. The van der Waals surface area contributed by atoms with Crippen LogP contribution in [0.5, 0.6) is 0 Å². The van der Waals surface area contributed by atoms with Crippen LogP contribution < -0.4 is 5.32 Å². The van der Waals surface area contributed by atoms with E-state index in [2.05, 4.69) is 21.6 Å². The summed E-state index contributed by atoms with van der Waals surface area (Å²) in [6, 6.07) is 10.2. The van der Waals surface area contributed by atoms with Gasteiger partial charge in [-0.2, -0.15) is 4.31 Å². The number of aromatic nitrogens is 2. The highest BCUT2D eigenvalue weighted by Crippen LogP contribution is 2.30. The fraction of sp³-hybridized carbons (Fsp3) is 0.316. The molecule has 0 radical (unpaired) electrons. The van der Waals surface area contributed by atoms with Crippen LogP contribution in [0.2, 0.25) is 0 Å². The van der Waals surface area contributed by atoms with E-state index in [1.165, 1.54) is 32.7 Å². The standard InChI is InChI=1S/C19H20N4O3S4/c24-17(20-18-21-22-19(29-18)28-13-15-7-5-11-27-15)14-6-4-8-16(12-14)30(25,26)23-9-2-1-3-10-23/h4-8,11-12H,1-3,9-10,13H2,(H,20,21,24). The average molecular weight is 481 g/mol. The lowest BCUT2D eigenvalue weighted by atomic mass is 10.2. The highest BCUT2D eigenvalue weighted by molar-refractivity contribution is 8.00. The molecular weight excluding hydrogens is 461 g/mol. The van der Waals surface area contributed by atoms with Crippen LogP contribution in [0.25, 0.3) is 0 Å². The maximum absolute atomic E-state index is 12.9. The molecule has 0 aliphatic carbocycles. The average Bonchev–Trinajstić information content (AvgIpc) is 3.45. The van der Waals surface area contributed by atoms with Gasteiger partial charge in [0, 0.05) is 29.3 Å². The Bertz CT molecular complexity index is 1110. The number of thioether (sulfide) groups is 1. The summed E-state index contributed by atoms with van der Waals surface area (Å²) in [7, 11) is -3.59. The maximum atomic E-state index is 12.9. The largest absolute Gasteiger partial charge is 0.296 e. The van der Waals surface area contributed by atoms with Crippen LogP contribution in [0, 0.1) is 0 Å². The van der Waals surface area contributed by atoms with E-state index in [1.807, 2.05) is 11.4 Å². The molecule has 0 unspecified atom stereocenters. The van der Waals surface area contributed by atoms with E-state index >= 15 is 0 Å². The third-order valence-corrected chi connectivity index (χ3v) is 9.57. The van der Waals surface area contributed by atoms with Crippen molar-refractivity contribution in [2.45, 2.75) is 34.3 Å². The van der Waals surface area contributed by atoms with E-state index in [0.717, 1.165) is 29.4 Å². The van der Waals surface area contributed by atoms with E-state index in [0.29, 0.717) is 18.2 Å². The molecule has 30 heavy (non-hydrogen) atoms. The molecule has 1 saturated heterocycles. The maximum Gasteiger partial charge on any atom is 0.257 e. The molecule has 3 heterocycles. The quantitative estimate of drug-likeness (QED) is 0.400. The van der Waals surface area contributed by atoms with E-state index in [-0.39, 0.29) is 10.5 Å². The number of piperidine rings is 1. The van der Waals surface area contributed by atoms with Gasteiger partial charge in [-0.25, -0.2) is 8.42 Å². The van der Waals surface area contributed by atoms with E-state index in [9.17, 15) is 13.2 Å². The number of nitrogens with one attached hydrogen (secondary N) is 1. The van der Waals surface area contributed by atoms with Gasteiger partial charge in [0.1, 0.15) is 0 Å². The number of nitrogens with zero attached hydrogens (tertiary/aromatic N) is 3. The van der Waals surface area contributed by atoms with Crippen LogP contribution in [0.3, 0.4) is 0 Å². The lowest BCUT2D eigenvalue weighted by molar-refractivity contribution is 0.102. The van der Waals surface area contributed by atoms with Crippen LogP contribution >= 0.6 is 34.4 Å². The Morgan fingerprint density at radius 1 is 1.13 bits per heavy atom. The Hall–Kier alpha value is -1.79. The van der Waals surface area contributed by atoms with Crippen LogP contribution in [0.4, 0.5) is 5.13 Å². The van der Waals surface area contributed by atoms with Crippen molar-refractivity contribution in [2.75, 3.05) is 18.4 Å². The molecule has 7 nitrogen and oxygen atoms in total. The Morgan fingerprint density at radius 2 is 1.97 bits per heavy atom. The first-order valence-corrected chi connectivity index (χ1v) is 13.5. The molecule has 0 spiro atoms. The lowest BCUT2D eigenvalue weighted by Gasteiger charge is -2.26. The Balaban J connectivity index is 1.42. The molecule has 158 valence electrons. The monoisotopic (exact) mass is 480 g/mol. The molecule has 1 aromatic carbocycles. The zero-order valence-corrected chi connectivity index (χ0v) is 19.2. The van der Waals surface area contributed by atoms with Crippen LogP contribution in [-0.2, 0) is 15.8 Å². The van der Waals surface area contributed by atoms with E-state index in [4.69, 9.17) is 0 Å². The molecule has 11 heteroatoms. The smallest absolute Gasteiger partial charge is 0.257 e. The number of hydrogen-bond acceptors (Lipinski definition) is 8. The highest BCUT2D eigenvalue weighted by Gasteiger charge is 2.26. The first kappa shape index (κ1) is 21.4. The van der Waals surface area contributed by atoms with E-state index in [1.54, 1.807) is 35.2 Å². The Morgan fingerprint density at radius 3 is 2.73 bits per heavy atom. The molecule has 2 aromatic heterocycles. The van der Waals surface area contributed by atoms with Crippen molar-refractivity contribution in [1.82, 2.24) is 14.5 Å². The second kappa shape index (κ2) is 9.56. The first-order valence-electron chi connectivity index (χ1n) is 9.42. The molecule has 1 N–H and O–H groups in total. The van der Waals surface area contributed by atoms with Gasteiger partial charge < -0.3 is 0 Å². The number of anilines is 1. The van der Waals surface area contributed by atoms with Gasteiger partial charge in [0.15, 0.2) is 4.34 Å². The summed E-state index contributed by atoms with van der Waals surface area (Å²) in [5, 5.41) is 13.3. The summed E-state index contributed by atoms with van der Waals surface area (Å²) in [4.78, 5) is 14.0. The number of sulfonamides is 1. The number of thiophene rings is 1. The molecule has 1 amide bonds. The summed E-state index contributed by atoms with van der Waals surface area (Å²) < 4.78 is 28.0. The number of carbonyl (C=O) groups excluding carboxylic acids is 1. The summed E-state index contributed by atoms with van der Waals surface area (Å²) in [6.45, 7) is 1.05. The molecule has 0 bridgehead atoms. The van der Waals surface area contributed by atoms with Gasteiger partial charge in [0.2, 0.25) is 15.2 Å². The second-order valence-corrected chi connectivity index (χ2v) is 11.9. The number of hydrogen-bond donors (Lipinski definition) is 1. The van der Waals surface area contributed by atoms with Gasteiger partial charge >= 0.3 is 0 Å². The minimum Gasteiger partial charge on any atom is -0.296 e. The molecule has 1 aliphatic heterocycles. The summed E-state index contributed by atoms with van der Waals surface area (Å²) in [5.74, 6) is 0.396. The predicted octanol–water partition coefficient (Wildman–Crippen LogP) is 4.32. The van der Waals surface area contributed by atoms with Gasteiger partial charge in [-0.15, -0.1) is 21.5 Å². The van der Waals surface area contributed by atoms with Crippen molar-refractivity contribution in [3.63, 3.8) is 0 Å². The van der Waals surface area contributed by atoms with Gasteiger partial charge in [0.25, 0.3) is 5.91 Å². The topological polar surface area (TPSA) is 92.3 Å². The summed E-state index contributed by atoms with van der Waals surface area (Å²) in [6.07, 6.45) is 2.77. The zero-order chi connectivity index (χ0) is 21.0. The fourth-order valence-corrected chi connectivity index (χ4v) is 7.15. The van der Waals surface area contributed by atoms with Crippen LogP contribution in [0.1, 0.15) is 34.5 Å². The van der Waals surface area contributed by atoms with E-state index < -0.39 is 15.9 Å². The third-order valence-electron chi connectivity index (χ3n) is 4.59. The Labute approximate surface area is 187 Å². The normalized spacial score (nSPS) is 15.2. The summed E-state index contributed by atoms with van der Waals surface area (Å²) in [5.41, 5.74) is 0.274. The molecule has 1 fully saturated rings. The number of amides is 1. The molecule has 3 aromatic rings. The zero-order valence-electron chi connectivity index (χ0n) is 16.0. The predicted molar refractivity (Wildman–Crippen MR) is 121 cm³/mol. The van der Waals surface area contributed by atoms with Crippen molar-refractivity contribution >= 4 is 55.5 Å². The van der Waals surface area contributed by atoms with Crippen molar-refractivity contribution in [1.29, 1.82) is 0 Å². The van der Waals surface area contributed by atoms with Crippen molar-refractivity contribution in [3.05, 3.63) is 52.2 Å². The number of rotatable bonds is 7. The van der Waals surface area contributed by atoms with Gasteiger partial charge in [-0.3, -0.25) is 10.1 Å². The molecule has 4 rings (SSSR count). The summed E-state index contributed by atoms with van der Waals surface area (Å²) >= 11 is 4.54. The van der Waals surface area contributed by atoms with Gasteiger partial charge in [0.05, 0.1) is 4.90 Å². The van der Waals surface area contributed by atoms with Crippen molar-refractivity contribution in [2.24, 2.45) is 0 Å². The molecule has 0 saturated carbocycles. The van der Waals surface area contributed by atoms with Gasteiger partial charge in [-0.05, 0) is 42.5 Å². The fourth-order valence-electron chi connectivity index (χ4n) is 3.07. The minimum absolute atomic E-state index is 0.140. The SMILES string of the molecule is O=C(Nc1nnc(SCc2cccs2)s1)c1cccc(S(=O)(=O)N2CCCCC2)c1. The van der Waals surface area contributed by atoms with Crippen LogP contribution in [0.15, 0.2) is 51.0 Å². The molecule has 1 aliphatic rings. The minimum atomic E-state index is -3.59. The van der Waals surface area contributed by atoms with Crippen molar-refractivity contribution < 1.29 is 13.2 Å². The lowest BCUT2D eigenvalue weighted by Crippen LogP contribution is -2.35. The van der Waals surface area contributed by atoms with Gasteiger partial charge in [-0.1, -0.05) is 41.7 Å². The van der Waals surface area contributed by atoms with Crippen molar-refractivity contribution in [3.8, 4) is 0 Å². The molecular formula is C19H20N4O3S4. The highest BCUT2D eigenvalue weighted by atomic mass is 32.2.